The Morgan fingerprint density at radius 3 is 2.38 bits per heavy atom. The summed E-state index contributed by atoms with van der Waals surface area (Å²) in [5.74, 6) is -0.225. The second kappa shape index (κ2) is 8.01. The Balaban J connectivity index is 1.57. The second-order valence-electron chi connectivity index (χ2n) is 6.27. The van der Waals surface area contributed by atoms with Crippen LogP contribution in [-0.4, -0.2) is 40.7 Å². The molecule has 3 atom stereocenters. The lowest BCUT2D eigenvalue weighted by Crippen LogP contribution is -2.72. The quantitative estimate of drug-likeness (QED) is 0.780. The molecular formula is C20H22N2O4. The van der Waals surface area contributed by atoms with Gasteiger partial charge in [0.2, 0.25) is 5.91 Å². The summed E-state index contributed by atoms with van der Waals surface area (Å²) >= 11 is 0. The summed E-state index contributed by atoms with van der Waals surface area (Å²) in [6.45, 7) is 1.80. The molecule has 0 spiro atoms. The molecule has 2 aromatic carbocycles. The summed E-state index contributed by atoms with van der Waals surface area (Å²) in [5, 5.41) is 12.2. The summed E-state index contributed by atoms with van der Waals surface area (Å²) in [5.41, 5.74) is 1.84. The minimum absolute atomic E-state index is 0.126. The van der Waals surface area contributed by atoms with Crippen molar-refractivity contribution < 1.29 is 19.4 Å². The fourth-order valence-corrected chi connectivity index (χ4v) is 3.18. The van der Waals surface area contributed by atoms with Crippen molar-refractivity contribution in [2.75, 3.05) is 6.61 Å². The summed E-state index contributed by atoms with van der Waals surface area (Å²) in [6, 6.07) is 17.5. The number of hydrogen-bond acceptors (Lipinski definition) is 4. The van der Waals surface area contributed by atoms with Crippen molar-refractivity contribution in [3.8, 4) is 0 Å². The van der Waals surface area contributed by atoms with Crippen molar-refractivity contribution in [1.29, 1.82) is 0 Å². The van der Waals surface area contributed by atoms with Crippen LogP contribution in [-0.2, 0) is 16.1 Å². The molecule has 0 aromatic heterocycles. The van der Waals surface area contributed by atoms with Gasteiger partial charge in [-0.15, -0.1) is 0 Å². The van der Waals surface area contributed by atoms with E-state index in [0.29, 0.717) is 0 Å². The minimum atomic E-state index is -0.769. The number of hydrogen-bond donors (Lipinski definition) is 2. The molecule has 26 heavy (non-hydrogen) atoms. The first-order valence-corrected chi connectivity index (χ1v) is 8.57. The van der Waals surface area contributed by atoms with Crippen LogP contribution < -0.4 is 5.32 Å². The van der Waals surface area contributed by atoms with E-state index in [-0.39, 0.29) is 25.2 Å². The van der Waals surface area contributed by atoms with Gasteiger partial charge in [-0.2, -0.15) is 0 Å². The standard InChI is InChI=1S/C20H22N2O4/c1-14(16-10-6-3-7-11-16)22-17(12-23)18(19(22)24)21-20(25)26-13-15-8-4-2-5-9-15/h2-11,14,17-18,23H,12-13H2,1H3,(H,21,25)/t14-,17-,18+/m1/s1. The highest BCUT2D eigenvalue weighted by Gasteiger charge is 2.50. The number of β-lactam (4-membered cyclic amide) rings is 1. The Morgan fingerprint density at radius 2 is 1.77 bits per heavy atom. The molecular weight excluding hydrogens is 332 g/mol. The number of carbonyl (C=O) groups excluding carboxylic acids is 2. The SMILES string of the molecule is C[C@H](c1ccccc1)N1C(=O)[C@@H](NC(=O)OCc2ccccc2)[C@H]1CO. The van der Waals surface area contributed by atoms with Crippen LogP contribution >= 0.6 is 0 Å². The van der Waals surface area contributed by atoms with E-state index >= 15 is 0 Å². The second-order valence-corrected chi connectivity index (χ2v) is 6.27. The monoisotopic (exact) mass is 354 g/mol. The van der Waals surface area contributed by atoms with Gasteiger partial charge in [0.05, 0.1) is 18.7 Å². The number of alkyl carbamates (subject to hydrolysis) is 1. The summed E-state index contributed by atoms with van der Waals surface area (Å²) in [4.78, 5) is 26.1. The number of nitrogens with one attached hydrogen (secondary N) is 1. The van der Waals surface area contributed by atoms with Gasteiger partial charge >= 0.3 is 6.09 Å². The topological polar surface area (TPSA) is 78.9 Å². The number of carbonyl (C=O) groups is 2. The van der Waals surface area contributed by atoms with Gasteiger partial charge in [0.1, 0.15) is 12.6 Å². The van der Waals surface area contributed by atoms with Crippen molar-refractivity contribution in [3.05, 3.63) is 71.8 Å². The van der Waals surface area contributed by atoms with Crippen molar-refractivity contribution in [2.24, 2.45) is 0 Å². The van der Waals surface area contributed by atoms with Crippen LogP contribution in [0.4, 0.5) is 4.79 Å². The molecule has 1 fully saturated rings. The summed E-state index contributed by atoms with van der Waals surface area (Å²) in [6.07, 6.45) is -0.669. The van der Waals surface area contributed by atoms with Gasteiger partial charge in [0.25, 0.3) is 0 Å². The summed E-state index contributed by atoms with van der Waals surface area (Å²) < 4.78 is 5.15. The third-order valence-electron chi connectivity index (χ3n) is 4.64. The number of amides is 2. The maximum Gasteiger partial charge on any atom is 0.408 e. The lowest BCUT2D eigenvalue weighted by Gasteiger charge is -2.49. The molecule has 0 saturated carbocycles. The van der Waals surface area contributed by atoms with E-state index in [9.17, 15) is 14.7 Å². The molecule has 6 heteroatoms. The average molecular weight is 354 g/mol. The highest BCUT2D eigenvalue weighted by atomic mass is 16.5. The van der Waals surface area contributed by atoms with Crippen LogP contribution in [0.25, 0.3) is 0 Å². The Bertz CT molecular complexity index is 751. The number of likely N-dealkylation sites (tertiary alicyclic amines) is 1. The van der Waals surface area contributed by atoms with Gasteiger partial charge in [-0.05, 0) is 18.1 Å². The zero-order valence-corrected chi connectivity index (χ0v) is 14.5. The first-order valence-electron chi connectivity index (χ1n) is 8.57. The van der Waals surface area contributed by atoms with Crippen LogP contribution in [0, 0.1) is 0 Å². The number of aliphatic hydroxyl groups is 1. The molecule has 2 aromatic rings. The largest absolute Gasteiger partial charge is 0.445 e. The molecule has 3 rings (SSSR count). The number of nitrogens with zero attached hydrogens (tertiary/aromatic N) is 1. The van der Waals surface area contributed by atoms with E-state index in [1.807, 2.05) is 67.6 Å². The normalized spacial score (nSPS) is 20.2. The maximum absolute atomic E-state index is 12.5. The molecule has 136 valence electrons. The van der Waals surface area contributed by atoms with E-state index in [1.54, 1.807) is 4.90 Å². The van der Waals surface area contributed by atoms with Crippen LogP contribution in [0.5, 0.6) is 0 Å². The fraction of sp³-hybridized carbons (Fsp3) is 0.300. The highest BCUT2D eigenvalue weighted by Crippen LogP contribution is 2.31. The van der Waals surface area contributed by atoms with Crippen molar-refractivity contribution in [2.45, 2.75) is 31.7 Å². The summed E-state index contributed by atoms with van der Waals surface area (Å²) in [7, 11) is 0. The van der Waals surface area contributed by atoms with Gasteiger partial charge in [0.15, 0.2) is 0 Å². The third-order valence-corrected chi connectivity index (χ3v) is 4.64. The fourth-order valence-electron chi connectivity index (χ4n) is 3.18. The Hall–Kier alpha value is -2.86. The molecule has 1 aliphatic rings. The van der Waals surface area contributed by atoms with E-state index < -0.39 is 18.2 Å². The lowest BCUT2D eigenvalue weighted by molar-refractivity contribution is -0.157. The smallest absolute Gasteiger partial charge is 0.408 e. The number of aliphatic hydroxyl groups excluding tert-OH is 1. The third kappa shape index (κ3) is 3.70. The van der Waals surface area contributed by atoms with Gasteiger partial charge < -0.3 is 20.1 Å². The molecule has 0 radical (unpaired) electrons. The molecule has 6 nitrogen and oxygen atoms in total. The molecule has 1 aliphatic heterocycles. The zero-order valence-electron chi connectivity index (χ0n) is 14.5. The lowest BCUT2D eigenvalue weighted by atomic mass is 9.91. The number of ether oxygens (including phenoxy) is 1. The van der Waals surface area contributed by atoms with Crippen LogP contribution in [0.1, 0.15) is 24.1 Å². The van der Waals surface area contributed by atoms with E-state index in [4.69, 9.17) is 4.74 Å². The Kier molecular flexibility index (Phi) is 5.53. The first-order chi connectivity index (χ1) is 12.6. The van der Waals surface area contributed by atoms with Gasteiger partial charge in [-0.3, -0.25) is 4.79 Å². The molecule has 1 saturated heterocycles. The van der Waals surface area contributed by atoms with Crippen LogP contribution in [0.15, 0.2) is 60.7 Å². The van der Waals surface area contributed by atoms with Crippen molar-refractivity contribution >= 4 is 12.0 Å². The number of rotatable bonds is 6. The molecule has 1 heterocycles. The van der Waals surface area contributed by atoms with Crippen LogP contribution in [0.3, 0.4) is 0 Å². The zero-order chi connectivity index (χ0) is 18.5. The first kappa shape index (κ1) is 17.9. The van der Waals surface area contributed by atoms with E-state index in [1.165, 1.54) is 0 Å². The van der Waals surface area contributed by atoms with Gasteiger partial charge in [-0.25, -0.2) is 4.79 Å². The molecule has 0 unspecified atom stereocenters. The molecule has 2 amide bonds. The number of benzene rings is 2. The van der Waals surface area contributed by atoms with E-state index in [2.05, 4.69) is 5.32 Å². The predicted octanol–water partition coefficient (Wildman–Crippen LogP) is 2.25. The molecule has 0 bridgehead atoms. The highest BCUT2D eigenvalue weighted by molar-refractivity contribution is 5.92. The molecule has 0 aliphatic carbocycles. The Morgan fingerprint density at radius 1 is 1.15 bits per heavy atom. The van der Waals surface area contributed by atoms with Gasteiger partial charge in [-0.1, -0.05) is 60.7 Å². The van der Waals surface area contributed by atoms with Crippen molar-refractivity contribution in [3.63, 3.8) is 0 Å². The predicted molar refractivity (Wildman–Crippen MR) is 96.1 cm³/mol. The molecule has 2 N–H and O–H groups in total. The minimum Gasteiger partial charge on any atom is -0.445 e. The maximum atomic E-state index is 12.5. The average Bonchev–Trinajstić information content (AvgIpc) is 2.69. The van der Waals surface area contributed by atoms with Gasteiger partial charge in [0, 0.05) is 0 Å². The van der Waals surface area contributed by atoms with Crippen molar-refractivity contribution in [1.82, 2.24) is 10.2 Å². The Labute approximate surface area is 152 Å². The van der Waals surface area contributed by atoms with E-state index in [0.717, 1.165) is 11.1 Å². The van der Waals surface area contributed by atoms with Crippen LogP contribution in [0.2, 0.25) is 0 Å².